The minimum Gasteiger partial charge on any atom is -0.379 e. The first kappa shape index (κ1) is 22.6. The number of ether oxygens (including phenoxy) is 1. The van der Waals surface area contributed by atoms with Crippen LogP contribution in [-0.4, -0.2) is 81.4 Å². The molecule has 3 heterocycles. The van der Waals surface area contributed by atoms with Crippen LogP contribution in [0, 0.1) is 5.82 Å². The van der Waals surface area contributed by atoms with Crippen molar-refractivity contribution < 1.29 is 13.9 Å². The molecule has 1 amide bonds. The van der Waals surface area contributed by atoms with Gasteiger partial charge in [0.15, 0.2) is 0 Å². The summed E-state index contributed by atoms with van der Waals surface area (Å²) in [6.45, 7) is 8.04. The largest absolute Gasteiger partial charge is 0.379 e. The van der Waals surface area contributed by atoms with Crippen molar-refractivity contribution in [3.8, 4) is 0 Å². The number of morpholine rings is 1. The van der Waals surface area contributed by atoms with E-state index in [4.69, 9.17) is 4.74 Å². The van der Waals surface area contributed by atoms with Gasteiger partial charge < -0.3 is 19.9 Å². The Bertz CT molecular complexity index is 1130. The lowest BCUT2D eigenvalue weighted by atomic mass is 10.1. The number of aromatic nitrogens is 1. The molecule has 0 radical (unpaired) electrons. The molecule has 0 atom stereocenters. The van der Waals surface area contributed by atoms with E-state index in [1.54, 1.807) is 0 Å². The molecule has 3 aromatic rings. The van der Waals surface area contributed by atoms with Crippen molar-refractivity contribution in [2.24, 2.45) is 0 Å². The molecule has 7 nitrogen and oxygen atoms in total. The molecule has 0 spiro atoms. The van der Waals surface area contributed by atoms with Gasteiger partial charge in [0.2, 0.25) is 0 Å². The zero-order valence-corrected chi connectivity index (χ0v) is 19.3. The molecule has 1 aromatic heterocycles. The molecule has 1 N–H and O–H groups in total. The first-order valence-corrected chi connectivity index (χ1v) is 11.9. The lowest BCUT2D eigenvalue weighted by molar-refractivity contribution is 0.0383. The van der Waals surface area contributed by atoms with E-state index in [-0.39, 0.29) is 11.7 Å². The maximum Gasteiger partial charge on any atom is 0.251 e. The molecule has 5 rings (SSSR count). The maximum absolute atomic E-state index is 13.3. The number of rotatable bonds is 6. The van der Waals surface area contributed by atoms with Crippen molar-refractivity contribution in [3.63, 3.8) is 0 Å². The van der Waals surface area contributed by atoms with Gasteiger partial charge in [-0.2, -0.15) is 0 Å². The van der Waals surface area contributed by atoms with E-state index in [0.717, 1.165) is 81.3 Å². The number of anilines is 2. The molecule has 0 saturated carbocycles. The van der Waals surface area contributed by atoms with Gasteiger partial charge in [0, 0.05) is 75.2 Å². The molecule has 0 bridgehead atoms. The van der Waals surface area contributed by atoms with Crippen LogP contribution in [0.1, 0.15) is 10.4 Å². The van der Waals surface area contributed by atoms with Crippen molar-refractivity contribution in [1.82, 2.24) is 15.2 Å². The zero-order valence-electron chi connectivity index (χ0n) is 19.3. The van der Waals surface area contributed by atoms with E-state index in [1.165, 1.54) is 12.1 Å². The zero-order chi connectivity index (χ0) is 23.3. The molecule has 0 aliphatic carbocycles. The summed E-state index contributed by atoms with van der Waals surface area (Å²) in [4.78, 5) is 24.3. The number of hydrogen-bond acceptors (Lipinski definition) is 6. The number of amides is 1. The number of benzene rings is 2. The Labute approximate surface area is 199 Å². The van der Waals surface area contributed by atoms with Crippen LogP contribution in [0.25, 0.3) is 10.8 Å². The first-order chi connectivity index (χ1) is 16.7. The van der Waals surface area contributed by atoms with Crippen molar-refractivity contribution in [1.29, 1.82) is 0 Å². The standard InChI is InChI=1S/C26H30FN5O2/c27-22-3-5-23(6-4-22)31-11-13-32(14-12-31)25-24-19-21(2-1-20(24)7-8-28-25)26(33)29-9-10-30-15-17-34-18-16-30/h1-8,19H,9-18H2,(H,29,33). The Morgan fingerprint density at radius 1 is 0.941 bits per heavy atom. The van der Waals surface area contributed by atoms with Gasteiger partial charge in [-0.1, -0.05) is 6.07 Å². The summed E-state index contributed by atoms with van der Waals surface area (Å²) in [6, 6.07) is 14.5. The lowest BCUT2D eigenvalue weighted by Crippen LogP contribution is -2.46. The number of carbonyl (C=O) groups excluding carboxylic acids is 1. The maximum atomic E-state index is 13.3. The third-order valence-electron chi connectivity index (χ3n) is 6.60. The summed E-state index contributed by atoms with van der Waals surface area (Å²) in [5.74, 6) is 0.619. The Morgan fingerprint density at radius 3 is 2.44 bits per heavy atom. The minimum absolute atomic E-state index is 0.0638. The van der Waals surface area contributed by atoms with Gasteiger partial charge in [0.1, 0.15) is 11.6 Å². The van der Waals surface area contributed by atoms with Gasteiger partial charge in [-0.15, -0.1) is 0 Å². The summed E-state index contributed by atoms with van der Waals surface area (Å²) in [7, 11) is 0. The molecular weight excluding hydrogens is 433 g/mol. The second-order valence-corrected chi connectivity index (χ2v) is 8.73. The first-order valence-electron chi connectivity index (χ1n) is 11.9. The topological polar surface area (TPSA) is 60.9 Å². The van der Waals surface area contributed by atoms with Gasteiger partial charge >= 0.3 is 0 Å². The molecule has 0 unspecified atom stereocenters. The smallest absolute Gasteiger partial charge is 0.251 e. The van der Waals surface area contributed by atoms with Crippen molar-refractivity contribution in [2.45, 2.75) is 0 Å². The van der Waals surface area contributed by atoms with Crippen molar-refractivity contribution in [3.05, 3.63) is 66.1 Å². The van der Waals surface area contributed by atoms with Crippen molar-refractivity contribution in [2.75, 3.05) is 75.4 Å². The molecule has 2 saturated heterocycles. The second-order valence-electron chi connectivity index (χ2n) is 8.73. The molecule has 34 heavy (non-hydrogen) atoms. The Balaban J connectivity index is 1.25. The number of pyridine rings is 1. The SMILES string of the molecule is O=C(NCCN1CCOCC1)c1ccc2ccnc(N3CCN(c4ccc(F)cc4)CC3)c2c1. The molecule has 2 aromatic carbocycles. The number of piperazine rings is 1. The predicted octanol–water partition coefficient (Wildman–Crippen LogP) is 2.76. The highest BCUT2D eigenvalue weighted by Crippen LogP contribution is 2.27. The second kappa shape index (κ2) is 10.4. The van der Waals surface area contributed by atoms with Crippen LogP contribution in [0.2, 0.25) is 0 Å². The third kappa shape index (κ3) is 5.13. The van der Waals surface area contributed by atoms with E-state index in [0.29, 0.717) is 12.1 Å². The highest BCUT2D eigenvalue weighted by atomic mass is 19.1. The molecule has 8 heteroatoms. The minimum atomic E-state index is -0.219. The normalized spacial score (nSPS) is 17.2. The van der Waals surface area contributed by atoms with Gasteiger partial charge in [0.25, 0.3) is 5.91 Å². The third-order valence-corrected chi connectivity index (χ3v) is 6.60. The Morgan fingerprint density at radius 2 is 1.68 bits per heavy atom. The van der Waals surface area contributed by atoms with Crippen LogP contribution >= 0.6 is 0 Å². The Kier molecular flexibility index (Phi) is 6.87. The van der Waals surface area contributed by atoms with Crippen molar-refractivity contribution >= 4 is 28.2 Å². The monoisotopic (exact) mass is 463 g/mol. The van der Waals surface area contributed by atoms with Crippen LogP contribution in [0.4, 0.5) is 15.9 Å². The number of hydrogen-bond donors (Lipinski definition) is 1. The number of fused-ring (bicyclic) bond motifs is 1. The summed E-state index contributed by atoms with van der Waals surface area (Å²) < 4.78 is 18.6. The van der Waals surface area contributed by atoms with E-state index >= 15 is 0 Å². The molecule has 2 fully saturated rings. The number of nitrogens with zero attached hydrogens (tertiary/aromatic N) is 4. The van der Waals surface area contributed by atoms with E-state index < -0.39 is 0 Å². The lowest BCUT2D eigenvalue weighted by Gasteiger charge is -2.37. The molecular formula is C26H30FN5O2. The van der Waals surface area contributed by atoms with Gasteiger partial charge in [-0.25, -0.2) is 9.37 Å². The summed E-state index contributed by atoms with van der Waals surface area (Å²) in [5, 5.41) is 5.10. The van der Waals surface area contributed by atoms with Gasteiger partial charge in [0.05, 0.1) is 13.2 Å². The number of carbonyl (C=O) groups is 1. The van der Waals surface area contributed by atoms with E-state index in [2.05, 4.69) is 25.0 Å². The van der Waals surface area contributed by atoms with E-state index in [9.17, 15) is 9.18 Å². The predicted molar refractivity (Wildman–Crippen MR) is 132 cm³/mol. The average molecular weight is 464 g/mol. The highest BCUT2D eigenvalue weighted by Gasteiger charge is 2.21. The van der Waals surface area contributed by atoms with Crippen LogP contribution in [-0.2, 0) is 4.74 Å². The fourth-order valence-corrected chi connectivity index (χ4v) is 4.63. The van der Waals surface area contributed by atoms with Crippen LogP contribution < -0.4 is 15.1 Å². The quantitative estimate of drug-likeness (QED) is 0.607. The van der Waals surface area contributed by atoms with Crippen LogP contribution in [0.3, 0.4) is 0 Å². The molecule has 2 aliphatic rings. The van der Waals surface area contributed by atoms with Crippen LogP contribution in [0.15, 0.2) is 54.7 Å². The molecule has 178 valence electrons. The summed E-state index contributed by atoms with van der Waals surface area (Å²) in [5.41, 5.74) is 1.68. The number of halogens is 1. The Hall–Kier alpha value is -3.23. The average Bonchev–Trinajstić information content (AvgIpc) is 2.89. The summed E-state index contributed by atoms with van der Waals surface area (Å²) in [6.07, 6.45) is 1.83. The summed E-state index contributed by atoms with van der Waals surface area (Å²) >= 11 is 0. The number of nitrogens with one attached hydrogen (secondary N) is 1. The highest BCUT2D eigenvalue weighted by molar-refractivity contribution is 6.01. The fraction of sp³-hybridized carbons (Fsp3) is 0.385. The van der Waals surface area contributed by atoms with Crippen LogP contribution in [0.5, 0.6) is 0 Å². The van der Waals surface area contributed by atoms with E-state index in [1.807, 2.05) is 42.6 Å². The molecule has 2 aliphatic heterocycles. The van der Waals surface area contributed by atoms with Gasteiger partial charge in [-0.05, 0) is 47.9 Å². The fourth-order valence-electron chi connectivity index (χ4n) is 4.63. The van der Waals surface area contributed by atoms with Gasteiger partial charge in [-0.3, -0.25) is 9.69 Å².